The fourth-order valence-corrected chi connectivity index (χ4v) is 3.91. The lowest BCUT2D eigenvalue weighted by molar-refractivity contribution is 0.0736. The average molecular weight is 381 g/mol. The summed E-state index contributed by atoms with van der Waals surface area (Å²) in [5, 5.41) is 0. The minimum absolute atomic E-state index is 0.0854. The molecule has 3 aromatic rings. The summed E-state index contributed by atoms with van der Waals surface area (Å²) in [7, 11) is 1.69. The van der Waals surface area contributed by atoms with Gasteiger partial charge in [-0.1, -0.05) is 25.5 Å². The maximum Gasteiger partial charge on any atom is 0.270 e. The highest BCUT2D eigenvalue weighted by atomic mass is 16.5. The molecule has 0 N–H and O–H groups in total. The number of amides is 1. The van der Waals surface area contributed by atoms with Crippen molar-refractivity contribution in [3.05, 3.63) is 48.4 Å². The first-order chi connectivity index (χ1) is 13.7. The molecule has 2 aromatic heterocycles. The van der Waals surface area contributed by atoms with Gasteiger partial charge in [0, 0.05) is 44.9 Å². The Bertz CT molecular complexity index is 951. The summed E-state index contributed by atoms with van der Waals surface area (Å²) in [5.74, 6) is 0.957. The molecular weight excluding hydrogens is 354 g/mol. The molecule has 3 heterocycles. The van der Waals surface area contributed by atoms with Gasteiger partial charge in [0.1, 0.15) is 11.4 Å². The molecule has 4 rings (SSSR count). The second-order valence-electron chi connectivity index (χ2n) is 7.16. The second-order valence-corrected chi connectivity index (χ2v) is 7.16. The van der Waals surface area contributed by atoms with Gasteiger partial charge in [-0.25, -0.2) is 0 Å². The molecule has 1 amide bonds. The predicted molar refractivity (Wildman–Crippen MR) is 110 cm³/mol. The van der Waals surface area contributed by atoms with Crippen LogP contribution in [0.4, 0.5) is 5.69 Å². The summed E-state index contributed by atoms with van der Waals surface area (Å²) in [6.45, 7) is 5.96. The third-order valence-corrected chi connectivity index (χ3v) is 5.47. The third-order valence-electron chi connectivity index (χ3n) is 5.47. The molecule has 0 aliphatic carbocycles. The van der Waals surface area contributed by atoms with Gasteiger partial charge in [-0.3, -0.25) is 4.79 Å². The zero-order valence-electron chi connectivity index (χ0n) is 16.6. The lowest BCUT2D eigenvalue weighted by Crippen LogP contribution is -2.49. The van der Waals surface area contributed by atoms with Crippen LogP contribution in [0.3, 0.4) is 0 Å². The van der Waals surface area contributed by atoms with Crippen LogP contribution in [0.25, 0.3) is 11.1 Å². The molecule has 0 saturated carbocycles. The van der Waals surface area contributed by atoms with E-state index in [1.807, 2.05) is 35.2 Å². The van der Waals surface area contributed by atoms with E-state index in [2.05, 4.69) is 22.5 Å². The Kier molecular flexibility index (Phi) is 5.28. The standard InChI is InChI=1S/C22H27N3O3/c1-3-4-10-25-18-9-15-28-21(18)16-19(25)22(26)24-13-11-23(12-14-24)17-7-5-6-8-20(17)27-2/h5-9,15-16H,3-4,10-14H2,1-2H3. The number of rotatable bonds is 6. The van der Waals surface area contributed by atoms with Crippen molar-refractivity contribution in [1.29, 1.82) is 0 Å². The minimum Gasteiger partial charge on any atom is -0.495 e. The Morgan fingerprint density at radius 3 is 2.68 bits per heavy atom. The van der Waals surface area contributed by atoms with Crippen LogP contribution in [0, 0.1) is 0 Å². The van der Waals surface area contributed by atoms with E-state index < -0.39 is 0 Å². The van der Waals surface area contributed by atoms with Crippen LogP contribution in [-0.2, 0) is 6.54 Å². The monoisotopic (exact) mass is 381 g/mol. The van der Waals surface area contributed by atoms with E-state index in [9.17, 15) is 4.79 Å². The van der Waals surface area contributed by atoms with Gasteiger partial charge in [-0.2, -0.15) is 0 Å². The summed E-state index contributed by atoms with van der Waals surface area (Å²) in [4.78, 5) is 17.5. The number of carbonyl (C=O) groups is 1. The smallest absolute Gasteiger partial charge is 0.270 e. The molecule has 1 saturated heterocycles. The van der Waals surface area contributed by atoms with Crippen molar-refractivity contribution in [3.8, 4) is 5.75 Å². The number of methoxy groups -OCH3 is 1. The Morgan fingerprint density at radius 1 is 1.14 bits per heavy atom. The van der Waals surface area contributed by atoms with Crippen molar-refractivity contribution in [1.82, 2.24) is 9.47 Å². The number of aryl methyl sites for hydroxylation is 1. The molecule has 0 bridgehead atoms. The number of piperazine rings is 1. The molecule has 0 radical (unpaired) electrons. The number of aromatic nitrogens is 1. The quantitative estimate of drug-likeness (QED) is 0.647. The van der Waals surface area contributed by atoms with E-state index in [0.29, 0.717) is 13.1 Å². The summed E-state index contributed by atoms with van der Waals surface area (Å²) in [6.07, 6.45) is 3.81. The van der Waals surface area contributed by atoms with Crippen LogP contribution in [0.1, 0.15) is 30.3 Å². The van der Waals surface area contributed by atoms with Crippen LogP contribution in [-0.4, -0.2) is 48.7 Å². The van der Waals surface area contributed by atoms with Crippen molar-refractivity contribution in [2.45, 2.75) is 26.3 Å². The van der Waals surface area contributed by atoms with Crippen molar-refractivity contribution in [3.63, 3.8) is 0 Å². The number of anilines is 1. The molecule has 0 unspecified atom stereocenters. The lowest BCUT2D eigenvalue weighted by atomic mass is 10.2. The predicted octanol–water partition coefficient (Wildman–Crippen LogP) is 4.01. The lowest BCUT2D eigenvalue weighted by Gasteiger charge is -2.36. The van der Waals surface area contributed by atoms with E-state index in [-0.39, 0.29) is 5.91 Å². The van der Waals surface area contributed by atoms with Gasteiger partial charge in [0.05, 0.1) is 24.6 Å². The van der Waals surface area contributed by atoms with Gasteiger partial charge >= 0.3 is 0 Å². The van der Waals surface area contributed by atoms with Crippen molar-refractivity contribution < 1.29 is 13.9 Å². The number of nitrogens with zero attached hydrogens (tertiary/aromatic N) is 3. The van der Waals surface area contributed by atoms with Crippen LogP contribution in [0.5, 0.6) is 5.75 Å². The molecule has 28 heavy (non-hydrogen) atoms. The summed E-state index contributed by atoms with van der Waals surface area (Å²) in [6, 6.07) is 11.9. The number of hydrogen-bond donors (Lipinski definition) is 0. The van der Waals surface area contributed by atoms with E-state index in [1.165, 1.54) is 0 Å². The van der Waals surface area contributed by atoms with Crippen LogP contribution in [0.15, 0.2) is 47.1 Å². The molecule has 1 aromatic carbocycles. The van der Waals surface area contributed by atoms with Gasteiger partial charge in [0.15, 0.2) is 5.58 Å². The van der Waals surface area contributed by atoms with Crippen LogP contribution < -0.4 is 9.64 Å². The Hall–Kier alpha value is -2.89. The first-order valence-corrected chi connectivity index (χ1v) is 9.97. The number of furan rings is 1. The summed E-state index contributed by atoms with van der Waals surface area (Å²) >= 11 is 0. The van der Waals surface area contributed by atoms with Gasteiger partial charge in [0.2, 0.25) is 0 Å². The molecule has 6 nitrogen and oxygen atoms in total. The van der Waals surface area contributed by atoms with E-state index in [0.717, 1.165) is 60.7 Å². The van der Waals surface area contributed by atoms with E-state index >= 15 is 0 Å². The van der Waals surface area contributed by atoms with Crippen molar-refractivity contribution in [2.75, 3.05) is 38.2 Å². The average Bonchev–Trinajstić information content (AvgIpc) is 3.33. The highest BCUT2D eigenvalue weighted by molar-refractivity contribution is 5.97. The fraction of sp³-hybridized carbons (Fsp3) is 0.409. The van der Waals surface area contributed by atoms with Crippen molar-refractivity contribution in [2.24, 2.45) is 0 Å². The zero-order chi connectivity index (χ0) is 19.5. The van der Waals surface area contributed by atoms with Crippen LogP contribution in [0.2, 0.25) is 0 Å². The van der Waals surface area contributed by atoms with E-state index in [1.54, 1.807) is 13.4 Å². The second kappa shape index (κ2) is 8.00. The summed E-state index contributed by atoms with van der Waals surface area (Å²) < 4.78 is 13.1. The molecule has 0 spiro atoms. The van der Waals surface area contributed by atoms with Gasteiger partial charge < -0.3 is 23.5 Å². The normalized spacial score (nSPS) is 14.6. The van der Waals surface area contributed by atoms with Gasteiger partial charge in [0.25, 0.3) is 5.91 Å². The first kappa shape index (κ1) is 18.5. The first-order valence-electron chi connectivity index (χ1n) is 9.97. The van der Waals surface area contributed by atoms with Crippen LogP contribution >= 0.6 is 0 Å². The highest BCUT2D eigenvalue weighted by Crippen LogP contribution is 2.29. The molecule has 1 aliphatic rings. The fourth-order valence-electron chi connectivity index (χ4n) is 3.91. The maximum atomic E-state index is 13.2. The van der Waals surface area contributed by atoms with Crippen molar-refractivity contribution >= 4 is 22.7 Å². The van der Waals surface area contributed by atoms with Gasteiger partial charge in [-0.05, 0) is 18.6 Å². The summed E-state index contributed by atoms with van der Waals surface area (Å²) in [5.41, 5.74) is 3.60. The molecule has 6 heteroatoms. The Morgan fingerprint density at radius 2 is 1.93 bits per heavy atom. The number of para-hydroxylation sites is 2. The number of ether oxygens (including phenoxy) is 1. The number of fused-ring (bicyclic) bond motifs is 1. The topological polar surface area (TPSA) is 50.9 Å². The number of hydrogen-bond acceptors (Lipinski definition) is 4. The maximum absolute atomic E-state index is 13.2. The van der Waals surface area contributed by atoms with E-state index in [4.69, 9.17) is 9.15 Å². The van der Waals surface area contributed by atoms with Gasteiger partial charge in [-0.15, -0.1) is 0 Å². The number of benzene rings is 1. The third kappa shape index (κ3) is 3.35. The molecular formula is C22H27N3O3. The Labute approximate surface area is 165 Å². The molecule has 148 valence electrons. The number of carbonyl (C=O) groups excluding carboxylic acids is 1. The Balaban J connectivity index is 1.50. The minimum atomic E-state index is 0.0854. The molecule has 0 atom stereocenters. The SMILES string of the molecule is CCCCn1c(C(=O)N2CCN(c3ccccc3OC)CC2)cc2occc21. The molecule has 1 aliphatic heterocycles. The molecule has 1 fully saturated rings. The highest BCUT2D eigenvalue weighted by Gasteiger charge is 2.26. The zero-order valence-corrected chi connectivity index (χ0v) is 16.6. The largest absolute Gasteiger partial charge is 0.495 e. The number of unbranched alkanes of at least 4 members (excludes halogenated alkanes) is 1.